The average Bonchev–Trinajstić information content (AvgIpc) is 2.62. The molecule has 1 aliphatic heterocycles. The summed E-state index contributed by atoms with van der Waals surface area (Å²) in [6, 6.07) is 14.3. The molecule has 24 heavy (non-hydrogen) atoms. The number of carbonyl (C=O) groups excluding carboxylic acids is 2. The lowest BCUT2D eigenvalue weighted by Gasteiger charge is -2.24. The second-order valence-electron chi connectivity index (χ2n) is 5.90. The molecule has 124 valence electrons. The van der Waals surface area contributed by atoms with Crippen molar-refractivity contribution in [2.45, 2.75) is 18.9 Å². The molecule has 4 nitrogen and oxygen atoms in total. The van der Waals surface area contributed by atoms with Gasteiger partial charge in [0.25, 0.3) is 5.91 Å². The number of piperidine rings is 1. The van der Waals surface area contributed by atoms with E-state index in [2.05, 4.69) is 26.6 Å². The van der Waals surface area contributed by atoms with Crippen LogP contribution in [0.15, 0.2) is 53.0 Å². The van der Waals surface area contributed by atoms with E-state index in [-0.39, 0.29) is 17.7 Å². The number of rotatable bonds is 4. The molecule has 0 saturated carbocycles. The van der Waals surface area contributed by atoms with E-state index in [1.54, 1.807) is 36.4 Å². The summed E-state index contributed by atoms with van der Waals surface area (Å²) in [5, 5.41) is 6.30. The topological polar surface area (TPSA) is 58.2 Å². The highest BCUT2D eigenvalue weighted by atomic mass is 79.9. The van der Waals surface area contributed by atoms with Gasteiger partial charge in [-0.2, -0.15) is 0 Å². The highest BCUT2D eigenvalue weighted by Crippen LogP contribution is 2.18. The summed E-state index contributed by atoms with van der Waals surface area (Å²) in [6.07, 6.45) is 2.01. The fourth-order valence-electron chi connectivity index (χ4n) is 2.87. The Kier molecular flexibility index (Phi) is 5.43. The minimum absolute atomic E-state index is 0.113. The first-order valence-electron chi connectivity index (χ1n) is 8.06. The van der Waals surface area contributed by atoms with Gasteiger partial charge in [0.1, 0.15) is 0 Å². The maximum absolute atomic E-state index is 12.8. The normalized spacial score (nSPS) is 17.3. The largest absolute Gasteiger partial charge is 0.348 e. The second-order valence-corrected chi connectivity index (χ2v) is 6.81. The molecule has 2 aromatic carbocycles. The number of ketones is 1. The van der Waals surface area contributed by atoms with Crippen LogP contribution in [0.4, 0.5) is 0 Å². The fraction of sp³-hybridized carbons (Fsp3) is 0.263. The van der Waals surface area contributed by atoms with Crippen LogP contribution in [0, 0.1) is 0 Å². The number of benzene rings is 2. The van der Waals surface area contributed by atoms with Crippen molar-refractivity contribution < 1.29 is 9.59 Å². The lowest BCUT2D eigenvalue weighted by molar-refractivity contribution is 0.0921. The zero-order valence-corrected chi connectivity index (χ0v) is 14.8. The molecule has 2 N–H and O–H groups in total. The first kappa shape index (κ1) is 16.9. The predicted molar refractivity (Wildman–Crippen MR) is 97.4 cm³/mol. The molecular formula is C19H19BrN2O2. The van der Waals surface area contributed by atoms with Crippen molar-refractivity contribution in [2.75, 3.05) is 13.1 Å². The van der Waals surface area contributed by atoms with Crippen molar-refractivity contribution >= 4 is 27.6 Å². The minimum atomic E-state index is -0.190. The first-order chi connectivity index (χ1) is 11.6. The summed E-state index contributed by atoms with van der Waals surface area (Å²) < 4.78 is 0.912. The van der Waals surface area contributed by atoms with Gasteiger partial charge in [-0.3, -0.25) is 9.59 Å². The van der Waals surface area contributed by atoms with E-state index in [9.17, 15) is 9.59 Å². The fourth-order valence-corrected chi connectivity index (χ4v) is 3.14. The van der Waals surface area contributed by atoms with Crippen LogP contribution in [0.2, 0.25) is 0 Å². The summed E-state index contributed by atoms with van der Waals surface area (Å²) in [5.41, 5.74) is 1.43. The number of hydrogen-bond donors (Lipinski definition) is 2. The molecule has 1 unspecified atom stereocenters. The Morgan fingerprint density at radius 3 is 2.42 bits per heavy atom. The molecule has 0 bridgehead atoms. The SMILES string of the molecule is O=C(NC1CCCNC1)c1ccccc1C(=O)c1ccc(Br)cc1. The molecule has 1 aliphatic rings. The van der Waals surface area contributed by atoms with Gasteiger partial charge in [-0.1, -0.05) is 34.1 Å². The van der Waals surface area contributed by atoms with Crippen LogP contribution in [-0.2, 0) is 0 Å². The summed E-state index contributed by atoms with van der Waals surface area (Å²) >= 11 is 3.36. The van der Waals surface area contributed by atoms with Crippen molar-refractivity contribution in [3.63, 3.8) is 0 Å². The number of hydrogen-bond acceptors (Lipinski definition) is 3. The molecule has 0 aliphatic carbocycles. The molecule has 1 saturated heterocycles. The molecule has 0 aromatic heterocycles. The number of amides is 1. The van der Waals surface area contributed by atoms with Gasteiger partial charge < -0.3 is 10.6 Å². The van der Waals surface area contributed by atoms with Gasteiger partial charge in [0.2, 0.25) is 0 Å². The zero-order chi connectivity index (χ0) is 16.9. The second kappa shape index (κ2) is 7.73. The van der Waals surface area contributed by atoms with E-state index < -0.39 is 0 Å². The third-order valence-electron chi connectivity index (χ3n) is 4.15. The molecular weight excluding hydrogens is 368 g/mol. The minimum Gasteiger partial charge on any atom is -0.348 e. The number of halogens is 1. The molecule has 2 aromatic rings. The Hall–Kier alpha value is -1.98. The predicted octanol–water partition coefficient (Wildman–Crippen LogP) is 3.16. The van der Waals surface area contributed by atoms with Crippen LogP contribution in [0.1, 0.15) is 39.1 Å². The van der Waals surface area contributed by atoms with Gasteiger partial charge in [-0.05, 0) is 49.7 Å². The molecule has 1 fully saturated rings. The molecule has 0 spiro atoms. The molecule has 1 amide bonds. The summed E-state index contributed by atoms with van der Waals surface area (Å²) in [4.78, 5) is 25.4. The van der Waals surface area contributed by atoms with Gasteiger partial charge >= 0.3 is 0 Å². The van der Waals surface area contributed by atoms with Crippen LogP contribution in [0.3, 0.4) is 0 Å². The smallest absolute Gasteiger partial charge is 0.252 e. The Bertz CT molecular complexity index is 737. The van der Waals surface area contributed by atoms with E-state index in [4.69, 9.17) is 0 Å². The van der Waals surface area contributed by atoms with Gasteiger partial charge in [-0.15, -0.1) is 0 Å². The number of carbonyl (C=O) groups is 2. The molecule has 1 heterocycles. The van der Waals surface area contributed by atoms with Crippen molar-refractivity contribution in [3.8, 4) is 0 Å². The third-order valence-corrected chi connectivity index (χ3v) is 4.68. The Morgan fingerprint density at radius 1 is 1.04 bits per heavy atom. The van der Waals surface area contributed by atoms with E-state index in [0.29, 0.717) is 16.7 Å². The molecule has 0 radical (unpaired) electrons. The number of nitrogens with one attached hydrogen (secondary N) is 2. The van der Waals surface area contributed by atoms with E-state index in [0.717, 1.165) is 30.4 Å². The first-order valence-corrected chi connectivity index (χ1v) is 8.85. The maximum atomic E-state index is 12.8. The Balaban J connectivity index is 1.83. The third kappa shape index (κ3) is 3.91. The van der Waals surface area contributed by atoms with Crippen LogP contribution >= 0.6 is 15.9 Å². The van der Waals surface area contributed by atoms with Crippen molar-refractivity contribution in [3.05, 3.63) is 69.7 Å². The monoisotopic (exact) mass is 386 g/mol. The van der Waals surface area contributed by atoms with Crippen LogP contribution in [-0.4, -0.2) is 30.8 Å². The molecule has 3 rings (SSSR count). The zero-order valence-electron chi connectivity index (χ0n) is 13.2. The standard InChI is InChI=1S/C19H19BrN2O2/c20-14-9-7-13(8-10-14)18(23)16-5-1-2-6-17(16)19(24)22-15-4-3-11-21-12-15/h1-2,5-10,15,21H,3-4,11-12H2,(H,22,24). The highest BCUT2D eigenvalue weighted by molar-refractivity contribution is 9.10. The van der Waals surface area contributed by atoms with Crippen molar-refractivity contribution in [2.24, 2.45) is 0 Å². The summed E-state index contributed by atoms with van der Waals surface area (Å²) in [6.45, 7) is 1.76. The van der Waals surface area contributed by atoms with Gasteiger partial charge in [-0.25, -0.2) is 0 Å². The lowest BCUT2D eigenvalue weighted by Crippen LogP contribution is -2.45. The highest BCUT2D eigenvalue weighted by Gasteiger charge is 2.21. The van der Waals surface area contributed by atoms with Crippen LogP contribution < -0.4 is 10.6 Å². The van der Waals surface area contributed by atoms with Crippen molar-refractivity contribution in [1.82, 2.24) is 10.6 Å². The Morgan fingerprint density at radius 2 is 1.75 bits per heavy atom. The Labute approximate surface area is 149 Å². The summed E-state index contributed by atoms with van der Waals surface area (Å²) in [7, 11) is 0. The molecule has 5 heteroatoms. The van der Waals surface area contributed by atoms with E-state index >= 15 is 0 Å². The maximum Gasteiger partial charge on any atom is 0.252 e. The van der Waals surface area contributed by atoms with Crippen LogP contribution in [0.5, 0.6) is 0 Å². The lowest BCUT2D eigenvalue weighted by atomic mass is 9.97. The molecule has 1 atom stereocenters. The van der Waals surface area contributed by atoms with Crippen molar-refractivity contribution in [1.29, 1.82) is 0 Å². The quantitative estimate of drug-likeness (QED) is 0.793. The van der Waals surface area contributed by atoms with E-state index in [1.807, 2.05) is 12.1 Å². The van der Waals surface area contributed by atoms with E-state index in [1.165, 1.54) is 0 Å². The van der Waals surface area contributed by atoms with Crippen LogP contribution in [0.25, 0.3) is 0 Å². The van der Waals surface area contributed by atoms with Gasteiger partial charge in [0.05, 0.1) is 5.56 Å². The average molecular weight is 387 g/mol. The van der Waals surface area contributed by atoms with Gasteiger partial charge in [0, 0.05) is 28.2 Å². The summed E-state index contributed by atoms with van der Waals surface area (Å²) in [5.74, 6) is -0.334. The van der Waals surface area contributed by atoms with Gasteiger partial charge in [0.15, 0.2) is 5.78 Å².